The molecule has 540 valence electrons. The van der Waals surface area contributed by atoms with E-state index >= 15 is 0 Å². The van der Waals surface area contributed by atoms with Gasteiger partial charge >= 0.3 is 0 Å². The molecule has 0 saturated carbocycles. The highest BCUT2D eigenvalue weighted by Gasteiger charge is 2.48. The number of quaternary nitrogens is 2. The van der Waals surface area contributed by atoms with E-state index in [9.17, 15) is 0 Å². The van der Waals surface area contributed by atoms with Gasteiger partial charge in [-0.3, -0.25) is 0 Å². The van der Waals surface area contributed by atoms with Gasteiger partial charge in [-0.1, -0.05) is 209 Å². The Labute approximate surface area is 630 Å². The summed E-state index contributed by atoms with van der Waals surface area (Å²) >= 11 is 0. The van der Waals surface area contributed by atoms with Gasteiger partial charge in [-0.25, -0.2) is 8.97 Å². The monoisotopic (exact) mass is 1410 g/mol. The van der Waals surface area contributed by atoms with Crippen molar-refractivity contribution in [3.05, 3.63) is 168 Å². The number of hydrogen-bond acceptors (Lipinski definition) is 0. The van der Waals surface area contributed by atoms with Crippen LogP contribution in [0.15, 0.2) is 146 Å². The fourth-order valence-corrected chi connectivity index (χ4v) is 30.0. The number of rotatable bonds is 24. The highest BCUT2D eigenvalue weighted by Crippen LogP contribution is 2.57. The Morgan fingerprint density at radius 3 is 0.952 bits per heavy atom. The van der Waals surface area contributed by atoms with E-state index in [1.807, 2.05) is 0 Å². The zero-order valence-corrected chi connectivity index (χ0v) is 69.3. The highest BCUT2D eigenvalue weighted by atomic mass is 28.3. The Balaban J connectivity index is 0.000000224. The first-order valence-electron chi connectivity index (χ1n) is 40.0. The van der Waals surface area contributed by atoms with Crippen LogP contribution >= 0.6 is 0 Å². The average molecular weight is 1410 g/mol. The smallest absolute Gasteiger partial charge is 0.150 e. The van der Waals surface area contributed by atoms with Gasteiger partial charge in [0.05, 0.1) is 0 Å². The Morgan fingerprint density at radius 1 is 0.346 bits per heavy atom. The molecule has 2 unspecified atom stereocenters. The molecule has 4 nitrogen and oxygen atoms in total. The van der Waals surface area contributed by atoms with E-state index in [0.717, 1.165) is 26.2 Å². The molecule has 0 saturated heterocycles. The van der Waals surface area contributed by atoms with Gasteiger partial charge in [-0.2, -0.15) is 0 Å². The fraction of sp³-hybridized carbons (Fsp3) is 0.429. The van der Waals surface area contributed by atoms with E-state index in [0.29, 0.717) is 67.1 Å². The van der Waals surface area contributed by atoms with Gasteiger partial charge in [0, 0.05) is 103 Å². The summed E-state index contributed by atoms with van der Waals surface area (Å²) in [7, 11) is -3.94. The standard InChI is InChI=1S/C58H81N2Si2.C40H41N2/c1-17-19-22-48(18-2)39-59-55-29-24-46(15)35-53(55)54-37-49(26-30-56(54)59)50-25-28-52-51-27-23-47(16)36-57(51)60(58(52)38-50,31-20-33-61(40(3)4,41(5)6)42(7)8)32-21-34-62(43(9)10,44(11)12)45(13)14;1-7-11-12-30(10-4)27-41-37-19-14-28(5)23-35(37)36-25-31(16-20-38(36)41)32-15-18-34-33-17-13-29(6)24-39(33)42(21-8-2,22-9-3)40(34)26-32/h23-30,35-38,40-45,48H,17-19,22,31-32,39H2,1-16H3;2-3,13-20,23-26,30H,7,10-12,21-22,27H2,1,4-6H3/q2*+1. The number of unbranched alkanes of at least 4 members (excludes halogenated alkanes) is 2. The van der Waals surface area contributed by atoms with Crippen LogP contribution in [0.1, 0.15) is 184 Å². The molecule has 0 spiro atoms. The molecule has 0 amide bonds. The molecule has 8 aromatic carbocycles. The van der Waals surface area contributed by atoms with Gasteiger partial charge in [0.15, 0.2) is 13.1 Å². The van der Waals surface area contributed by atoms with Crippen LogP contribution in [0.4, 0.5) is 22.7 Å². The Kier molecular flexibility index (Phi) is 23.7. The number of fused-ring (bicyclic) bond motifs is 12. The summed E-state index contributed by atoms with van der Waals surface area (Å²) in [5.41, 5.74) is 37.5. The number of aromatic nitrogens is 2. The number of nitrogens with zero attached hydrogens (tertiary/aromatic N) is 4. The van der Waals surface area contributed by atoms with E-state index in [4.69, 9.17) is 12.8 Å². The van der Waals surface area contributed by atoms with Crippen LogP contribution in [0.5, 0.6) is 0 Å². The predicted octanol–water partition coefficient (Wildman–Crippen LogP) is 27.5. The second-order valence-corrected chi connectivity index (χ2v) is 44.6. The average Bonchev–Trinajstić information content (AvgIpc) is 1.53. The molecular formula is C98H122N4Si2+2. The van der Waals surface area contributed by atoms with Crippen LogP contribution < -0.4 is 8.97 Å². The molecule has 0 N–H and O–H groups in total. The largest absolute Gasteiger partial charge is 0.340 e. The number of benzene rings is 8. The van der Waals surface area contributed by atoms with Crippen LogP contribution in [-0.4, -0.2) is 51.5 Å². The first-order chi connectivity index (χ1) is 49.8. The van der Waals surface area contributed by atoms with Crippen molar-refractivity contribution in [2.45, 2.75) is 236 Å². The summed E-state index contributed by atoms with van der Waals surface area (Å²) in [5.74, 6) is 15.4. The van der Waals surface area contributed by atoms with Gasteiger partial charge in [0.2, 0.25) is 0 Å². The zero-order valence-electron chi connectivity index (χ0n) is 67.3. The summed E-state index contributed by atoms with van der Waals surface area (Å²) in [6, 6.07) is 56.3. The maximum Gasteiger partial charge on any atom is 0.150 e. The predicted molar refractivity (Wildman–Crippen MR) is 464 cm³/mol. The molecule has 2 aliphatic rings. The van der Waals surface area contributed by atoms with Crippen molar-refractivity contribution < 1.29 is 0 Å². The summed E-state index contributed by atoms with van der Waals surface area (Å²) in [5, 5.41) is 5.39. The van der Waals surface area contributed by atoms with Gasteiger partial charge < -0.3 is 9.13 Å². The van der Waals surface area contributed by atoms with Crippen LogP contribution in [-0.2, 0) is 13.1 Å². The first-order valence-corrected chi connectivity index (χ1v) is 44.5. The van der Waals surface area contributed by atoms with E-state index < -0.39 is 16.1 Å². The molecule has 104 heavy (non-hydrogen) atoms. The molecule has 2 aromatic heterocycles. The van der Waals surface area contributed by atoms with Crippen molar-refractivity contribution in [2.24, 2.45) is 11.8 Å². The maximum atomic E-state index is 5.99. The first kappa shape index (κ1) is 77.1. The Hall–Kier alpha value is -8.05. The van der Waals surface area contributed by atoms with Gasteiger partial charge in [-0.05, 0) is 215 Å². The van der Waals surface area contributed by atoms with Crippen LogP contribution in [0.2, 0.25) is 33.2 Å². The lowest BCUT2D eigenvalue weighted by atomic mass is 9.98. The maximum absolute atomic E-state index is 5.99. The number of hydrogen-bond donors (Lipinski definition) is 0. The van der Waals surface area contributed by atoms with Crippen molar-refractivity contribution in [1.29, 1.82) is 0 Å². The molecule has 0 radical (unpaired) electrons. The molecule has 10 aromatic rings. The minimum absolute atomic E-state index is 0.504. The lowest BCUT2D eigenvalue weighted by molar-refractivity contribution is 0.401. The third kappa shape index (κ3) is 14.1. The third-order valence-corrected chi connectivity index (χ3v) is 37.8. The van der Waals surface area contributed by atoms with Crippen molar-refractivity contribution in [3.63, 3.8) is 0 Å². The SMILES string of the molecule is C#CC[N+]1(CC#C)c2cc(C)ccc2-c2ccc(-c3ccc4c(c3)c3cc(C)ccc3n4CC(CC)CCCC)cc21.CCCCC(CC)Cn1c2ccc(C)cc2c2cc(-c3ccc4c(c3)[N+](CC#C[Si](C(C)C)(C(C)C)C(C)C)(CC#C[Si](C(C)C)(C(C)C)C(C)C)c3cc(C)ccc3-4)ccc21. The van der Waals surface area contributed by atoms with Crippen molar-refractivity contribution in [3.8, 4) is 92.1 Å². The summed E-state index contributed by atoms with van der Waals surface area (Å²) < 4.78 is 6.36. The normalized spacial score (nSPS) is 14.2. The molecule has 2 atom stereocenters. The van der Waals surface area contributed by atoms with E-state index in [-0.39, 0.29) is 0 Å². The fourth-order valence-electron chi connectivity index (χ4n) is 19.5. The minimum atomic E-state index is -1.97. The molecule has 0 bridgehead atoms. The molecule has 0 aliphatic carbocycles. The number of aryl methyl sites for hydroxylation is 4. The second-order valence-electron chi connectivity index (χ2n) is 33.4. The lowest BCUT2D eigenvalue weighted by Gasteiger charge is -2.39. The summed E-state index contributed by atoms with van der Waals surface area (Å²) in [4.78, 5) is 0. The van der Waals surface area contributed by atoms with Crippen molar-refractivity contribution in [1.82, 2.24) is 18.1 Å². The summed E-state index contributed by atoms with van der Waals surface area (Å²) in [6.07, 6.45) is 22.1. The van der Waals surface area contributed by atoms with Crippen LogP contribution in [0.3, 0.4) is 0 Å². The lowest BCUT2D eigenvalue weighted by Crippen LogP contribution is -2.46. The second kappa shape index (κ2) is 32.0. The minimum Gasteiger partial charge on any atom is -0.340 e. The van der Waals surface area contributed by atoms with Crippen molar-refractivity contribution >= 4 is 82.5 Å². The highest BCUT2D eigenvalue weighted by molar-refractivity contribution is 6.91. The molecule has 2 aliphatic heterocycles. The third-order valence-electron chi connectivity index (χ3n) is 25.2. The molecule has 12 rings (SSSR count). The van der Waals surface area contributed by atoms with Gasteiger partial charge in [-0.15, -0.1) is 23.9 Å². The quantitative estimate of drug-likeness (QED) is 0.0324. The van der Waals surface area contributed by atoms with Gasteiger partial charge in [0.25, 0.3) is 0 Å². The molecule has 6 heteroatoms. The van der Waals surface area contributed by atoms with Crippen molar-refractivity contribution in [2.75, 3.05) is 26.2 Å². The molecule has 0 fully saturated rings. The van der Waals surface area contributed by atoms with E-state index in [2.05, 4.69) is 328 Å². The number of terminal acetylenes is 2. The van der Waals surface area contributed by atoms with Crippen LogP contribution in [0.25, 0.3) is 88.1 Å². The summed E-state index contributed by atoms with van der Waals surface area (Å²) in [6.45, 7) is 52.0. The molecular weight excluding hydrogens is 1290 g/mol. The Morgan fingerprint density at radius 2 is 0.625 bits per heavy atom. The topological polar surface area (TPSA) is 9.86 Å². The molecule has 4 heterocycles. The van der Waals surface area contributed by atoms with E-state index in [1.54, 1.807) is 0 Å². The van der Waals surface area contributed by atoms with Gasteiger partial charge in [0.1, 0.15) is 52.0 Å². The Bertz CT molecular complexity index is 4910. The van der Waals surface area contributed by atoms with E-state index in [1.165, 1.54) is 184 Å². The van der Waals surface area contributed by atoms with Crippen LogP contribution in [0, 0.1) is 87.1 Å². The zero-order chi connectivity index (χ0) is 74.7.